The van der Waals surface area contributed by atoms with Crippen molar-refractivity contribution in [3.8, 4) is 0 Å². The van der Waals surface area contributed by atoms with Gasteiger partial charge in [-0.3, -0.25) is 4.79 Å². The van der Waals surface area contributed by atoms with Crippen molar-refractivity contribution in [2.75, 3.05) is 7.05 Å². The van der Waals surface area contributed by atoms with E-state index in [4.69, 9.17) is 0 Å². The number of nitrogens with zero attached hydrogens (tertiary/aromatic N) is 2. The number of fused-ring (bicyclic) bond motifs is 2. The summed E-state index contributed by atoms with van der Waals surface area (Å²) in [6.45, 7) is 0. The van der Waals surface area contributed by atoms with Gasteiger partial charge in [0.25, 0.3) is 0 Å². The second-order valence-corrected chi connectivity index (χ2v) is 6.67. The molecule has 1 aromatic heterocycles. The molecule has 2 aliphatic heterocycles. The van der Waals surface area contributed by atoms with Crippen LogP contribution >= 0.6 is 11.3 Å². The molecule has 3 rings (SSSR count). The van der Waals surface area contributed by atoms with E-state index in [9.17, 15) is 4.79 Å². The summed E-state index contributed by atoms with van der Waals surface area (Å²) in [6.07, 6.45) is 7.97. The maximum absolute atomic E-state index is 12.3. The average Bonchev–Trinajstić information content (AvgIpc) is 3.05. The number of hydrogen-bond donors (Lipinski definition) is 1. The molecule has 1 aromatic rings. The fraction of sp³-hybridized carbons (Fsp3) is 0.714. The van der Waals surface area contributed by atoms with Crippen molar-refractivity contribution in [1.29, 1.82) is 0 Å². The van der Waals surface area contributed by atoms with Crippen LogP contribution < -0.4 is 5.32 Å². The third-order valence-corrected chi connectivity index (χ3v) is 5.26. The first kappa shape index (κ1) is 13.1. The second kappa shape index (κ2) is 5.59. The Kier molecular flexibility index (Phi) is 3.84. The molecule has 3 heterocycles. The number of thiazole rings is 1. The van der Waals surface area contributed by atoms with Gasteiger partial charge >= 0.3 is 0 Å². The number of rotatable bonds is 4. The van der Waals surface area contributed by atoms with Crippen molar-refractivity contribution in [3.63, 3.8) is 0 Å². The fourth-order valence-corrected chi connectivity index (χ4v) is 3.93. The predicted octanol–water partition coefficient (Wildman–Crippen LogP) is 1.82. The Morgan fingerprint density at radius 1 is 1.47 bits per heavy atom. The van der Waals surface area contributed by atoms with Gasteiger partial charge in [-0.1, -0.05) is 0 Å². The number of carbonyl (C=O) groups is 1. The maximum atomic E-state index is 12.3. The Morgan fingerprint density at radius 2 is 2.21 bits per heavy atom. The lowest BCUT2D eigenvalue weighted by atomic mass is 9.98. The molecule has 4 nitrogen and oxygen atoms in total. The number of aryl methyl sites for hydroxylation is 1. The van der Waals surface area contributed by atoms with E-state index < -0.39 is 0 Å². The molecular formula is C14H21N3OS. The first-order valence-electron chi connectivity index (χ1n) is 7.12. The Balaban J connectivity index is 1.51. The van der Waals surface area contributed by atoms with Crippen molar-refractivity contribution in [2.24, 2.45) is 0 Å². The van der Waals surface area contributed by atoms with Gasteiger partial charge in [0, 0.05) is 49.6 Å². The first-order valence-corrected chi connectivity index (χ1v) is 8.00. The van der Waals surface area contributed by atoms with E-state index in [0.29, 0.717) is 24.5 Å². The number of hydrogen-bond acceptors (Lipinski definition) is 4. The van der Waals surface area contributed by atoms with Gasteiger partial charge in [-0.15, -0.1) is 11.3 Å². The number of nitrogens with one attached hydrogen (secondary N) is 1. The van der Waals surface area contributed by atoms with Crippen LogP contribution in [-0.2, 0) is 11.2 Å². The summed E-state index contributed by atoms with van der Waals surface area (Å²) in [4.78, 5) is 18.5. The molecule has 2 unspecified atom stereocenters. The molecule has 104 valence electrons. The molecule has 5 heteroatoms. The van der Waals surface area contributed by atoms with E-state index in [1.54, 1.807) is 17.5 Å². The van der Waals surface area contributed by atoms with Crippen molar-refractivity contribution >= 4 is 17.2 Å². The number of piperidine rings is 1. The third kappa shape index (κ3) is 2.98. The summed E-state index contributed by atoms with van der Waals surface area (Å²) in [5.74, 6) is 0.265. The number of amides is 1. The molecule has 1 N–H and O–H groups in total. The summed E-state index contributed by atoms with van der Waals surface area (Å²) in [5, 5.41) is 6.65. The zero-order valence-electron chi connectivity index (χ0n) is 11.3. The van der Waals surface area contributed by atoms with Gasteiger partial charge in [0.2, 0.25) is 5.91 Å². The highest BCUT2D eigenvalue weighted by Crippen LogP contribution is 2.29. The Hall–Kier alpha value is -0.940. The second-order valence-electron chi connectivity index (χ2n) is 5.69. The van der Waals surface area contributed by atoms with E-state index in [1.807, 2.05) is 17.3 Å². The van der Waals surface area contributed by atoms with Crippen molar-refractivity contribution in [2.45, 2.75) is 56.7 Å². The van der Waals surface area contributed by atoms with Crippen molar-refractivity contribution in [3.05, 3.63) is 16.6 Å². The zero-order valence-corrected chi connectivity index (χ0v) is 12.2. The molecule has 1 amide bonds. The first-order chi connectivity index (χ1) is 9.22. The standard InChI is InChI=1S/C14H21N3OS/c1-17(12-8-10-2-3-11(9-12)16-10)14(18)5-4-13-15-6-7-19-13/h6-7,10-12,16H,2-5,8-9H2,1H3. The Labute approximate surface area is 118 Å². The van der Waals surface area contributed by atoms with Crippen LogP contribution in [0.4, 0.5) is 0 Å². The highest BCUT2D eigenvalue weighted by molar-refractivity contribution is 7.09. The molecule has 0 aliphatic carbocycles. The van der Waals surface area contributed by atoms with Gasteiger partial charge in [0.05, 0.1) is 5.01 Å². The molecule has 0 radical (unpaired) electrons. The lowest BCUT2D eigenvalue weighted by Crippen LogP contribution is -2.48. The van der Waals surface area contributed by atoms with E-state index >= 15 is 0 Å². The maximum Gasteiger partial charge on any atom is 0.222 e. The van der Waals surface area contributed by atoms with Gasteiger partial charge in [-0.2, -0.15) is 0 Å². The van der Waals surface area contributed by atoms with Crippen LogP contribution in [0, 0.1) is 0 Å². The van der Waals surface area contributed by atoms with Gasteiger partial charge in [-0.05, 0) is 25.7 Å². The lowest BCUT2D eigenvalue weighted by Gasteiger charge is -2.35. The molecular weight excluding hydrogens is 258 g/mol. The quantitative estimate of drug-likeness (QED) is 0.914. The molecule has 19 heavy (non-hydrogen) atoms. The summed E-state index contributed by atoms with van der Waals surface area (Å²) < 4.78 is 0. The zero-order chi connectivity index (χ0) is 13.2. The smallest absolute Gasteiger partial charge is 0.222 e. The monoisotopic (exact) mass is 279 g/mol. The van der Waals surface area contributed by atoms with Crippen LogP contribution in [0.5, 0.6) is 0 Å². The minimum atomic E-state index is 0.265. The highest BCUT2D eigenvalue weighted by atomic mass is 32.1. The van der Waals surface area contributed by atoms with Gasteiger partial charge in [0.15, 0.2) is 0 Å². The van der Waals surface area contributed by atoms with Gasteiger partial charge in [-0.25, -0.2) is 4.98 Å². The van der Waals surface area contributed by atoms with E-state index in [1.165, 1.54) is 12.8 Å². The largest absolute Gasteiger partial charge is 0.343 e. The van der Waals surface area contributed by atoms with Crippen molar-refractivity contribution < 1.29 is 4.79 Å². The van der Waals surface area contributed by atoms with Crippen LogP contribution in [0.15, 0.2) is 11.6 Å². The van der Waals surface area contributed by atoms with Crippen LogP contribution in [0.25, 0.3) is 0 Å². The van der Waals surface area contributed by atoms with E-state index in [-0.39, 0.29) is 5.91 Å². The SMILES string of the molecule is CN(C(=O)CCc1nccs1)C1CC2CCC(C1)N2. The van der Waals surface area contributed by atoms with Crippen LogP contribution in [0.3, 0.4) is 0 Å². The molecule has 2 saturated heterocycles. The lowest BCUT2D eigenvalue weighted by molar-refractivity contribution is -0.132. The summed E-state index contributed by atoms with van der Waals surface area (Å²) in [7, 11) is 1.97. The summed E-state index contributed by atoms with van der Waals surface area (Å²) in [5.41, 5.74) is 0. The third-order valence-electron chi connectivity index (χ3n) is 4.43. The van der Waals surface area contributed by atoms with Gasteiger partial charge in [0.1, 0.15) is 0 Å². The summed E-state index contributed by atoms with van der Waals surface area (Å²) in [6, 6.07) is 1.71. The molecule has 2 aliphatic rings. The molecule has 0 saturated carbocycles. The molecule has 2 bridgehead atoms. The summed E-state index contributed by atoms with van der Waals surface area (Å²) >= 11 is 1.63. The van der Waals surface area contributed by atoms with E-state index in [2.05, 4.69) is 10.3 Å². The van der Waals surface area contributed by atoms with Crippen LogP contribution in [0.2, 0.25) is 0 Å². The van der Waals surface area contributed by atoms with Gasteiger partial charge < -0.3 is 10.2 Å². The Bertz CT molecular complexity index is 422. The normalized spacial score (nSPS) is 29.4. The van der Waals surface area contributed by atoms with Crippen LogP contribution in [0.1, 0.15) is 37.1 Å². The van der Waals surface area contributed by atoms with Crippen molar-refractivity contribution in [1.82, 2.24) is 15.2 Å². The number of aromatic nitrogens is 1. The fourth-order valence-electron chi connectivity index (χ4n) is 3.31. The topological polar surface area (TPSA) is 45.2 Å². The van der Waals surface area contributed by atoms with Crippen LogP contribution in [-0.4, -0.2) is 41.0 Å². The minimum Gasteiger partial charge on any atom is -0.343 e. The minimum absolute atomic E-state index is 0.265. The van der Waals surface area contributed by atoms with E-state index in [0.717, 1.165) is 24.3 Å². The average molecular weight is 279 g/mol. The molecule has 0 spiro atoms. The highest BCUT2D eigenvalue weighted by Gasteiger charge is 2.36. The molecule has 2 atom stereocenters. The number of carbonyl (C=O) groups excluding carboxylic acids is 1. The molecule has 0 aromatic carbocycles. The Morgan fingerprint density at radius 3 is 2.84 bits per heavy atom. The molecule has 2 fully saturated rings. The predicted molar refractivity (Wildman–Crippen MR) is 76.2 cm³/mol.